The highest BCUT2D eigenvalue weighted by atomic mass is 16.4. The van der Waals surface area contributed by atoms with E-state index in [0.29, 0.717) is 23.7 Å². The first-order chi connectivity index (χ1) is 11.8. The largest absolute Gasteiger partial charge is 0.481 e. The molecule has 0 saturated heterocycles. The predicted octanol–water partition coefficient (Wildman–Crippen LogP) is 4.63. The van der Waals surface area contributed by atoms with Gasteiger partial charge in [0.1, 0.15) is 0 Å². The lowest BCUT2D eigenvalue weighted by molar-refractivity contribution is -0.146. The topological polar surface area (TPSA) is 54.4 Å². The lowest BCUT2D eigenvalue weighted by Gasteiger charge is -2.57. The van der Waals surface area contributed by atoms with Crippen molar-refractivity contribution in [2.75, 3.05) is 0 Å². The van der Waals surface area contributed by atoms with Crippen LogP contribution in [0.15, 0.2) is 23.8 Å². The smallest absolute Gasteiger partial charge is 0.306 e. The molecule has 1 unspecified atom stereocenters. The summed E-state index contributed by atoms with van der Waals surface area (Å²) in [4.78, 5) is 23.4. The molecule has 0 radical (unpaired) electrons. The average Bonchev–Trinajstić information content (AvgIpc) is 2.92. The molecule has 0 aromatic carbocycles. The van der Waals surface area contributed by atoms with E-state index in [-0.39, 0.29) is 22.5 Å². The second-order valence-electron chi connectivity index (χ2n) is 9.46. The molecule has 25 heavy (non-hydrogen) atoms. The van der Waals surface area contributed by atoms with E-state index in [1.165, 1.54) is 18.4 Å². The Bertz CT molecular complexity index is 675. The van der Waals surface area contributed by atoms with E-state index in [9.17, 15) is 14.7 Å². The van der Waals surface area contributed by atoms with Gasteiger partial charge in [-0.3, -0.25) is 9.59 Å². The van der Waals surface area contributed by atoms with E-state index < -0.39 is 5.97 Å². The molecule has 4 rings (SSSR count). The molecule has 4 aliphatic rings. The van der Waals surface area contributed by atoms with Gasteiger partial charge in [0.05, 0.1) is 5.92 Å². The number of carbonyl (C=O) groups excluding carboxylic acids is 1. The Hall–Kier alpha value is -1.38. The summed E-state index contributed by atoms with van der Waals surface area (Å²) in [7, 11) is 0. The highest BCUT2D eigenvalue weighted by molar-refractivity contribution is 6.01. The number of hydrogen-bond acceptors (Lipinski definition) is 2. The van der Waals surface area contributed by atoms with Crippen LogP contribution >= 0.6 is 0 Å². The molecule has 1 N–H and O–H groups in total. The standard InChI is InChI=1S/C22H30O3/c1-13(20(24)25)17-6-7-18-16-5-4-14-12-15(23)8-10-21(14,2)19(16)9-11-22(17,18)3/h8,10,12-13,16-19H,4-7,9,11H2,1-3H3,(H,24,25)/t13-,16-,17?,18-,19-,21-,22+/m0/s1. The summed E-state index contributed by atoms with van der Waals surface area (Å²) in [6.45, 7) is 6.61. The third-order valence-corrected chi connectivity index (χ3v) is 8.62. The Morgan fingerprint density at radius 1 is 1.20 bits per heavy atom. The van der Waals surface area contributed by atoms with E-state index in [2.05, 4.69) is 19.9 Å². The minimum absolute atomic E-state index is 0.0364. The Kier molecular flexibility index (Phi) is 3.79. The predicted molar refractivity (Wildman–Crippen MR) is 96.9 cm³/mol. The van der Waals surface area contributed by atoms with Crippen molar-refractivity contribution in [3.63, 3.8) is 0 Å². The fourth-order valence-electron chi connectivity index (χ4n) is 7.23. The van der Waals surface area contributed by atoms with Gasteiger partial charge in [-0.05, 0) is 79.8 Å². The van der Waals surface area contributed by atoms with Crippen molar-refractivity contribution in [1.82, 2.24) is 0 Å². The Morgan fingerprint density at radius 2 is 1.96 bits per heavy atom. The Balaban J connectivity index is 1.65. The van der Waals surface area contributed by atoms with Gasteiger partial charge in [0.25, 0.3) is 0 Å². The number of allylic oxidation sites excluding steroid dienone is 4. The van der Waals surface area contributed by atoms with Crippen LogP contribution in [0, 0.1) is 40.4 Å². The summed E-state index contributed by atoms with van der Waals surface area (Å²) >= 11 is 0. The van der Waals surface area contributed by atoms with Gasteiger partial charge < -0.3 is 5.11 Å². The van der Waals surface area contributed by atoms with E-state index >= 15 is 0 Å². The molecule has 3 heteroatoms. The third kappa shape index (κ3) is 2.30. The molecule has 0 bridgehead atoms. The third-order valence-electron chi connectivity index (χ3n) is 8.62. The number of rotatable bonds is 2. The SMILES string of the molecule is C[C@H](C(=O)O)C1CC[C@H]2[C@@H]3CCC4=CC(=O)C=C[C@]4(C)[C@H]3CC[C@]12C. The minimum atomic E-state index is -0.636. The molecule has 0 aromatic heterocycles. The van der Waals surface area contributed by atoms with Crippen molar-refractivity contribution in [3.05, 3.63) is 23.8 Å². The number of carbonyl (C=O) groups is 2. The molecule has 3 nitrogen and oxygen atoms in total. The zero-order chi connectivity index (χ0) is 18.0. The second kappa shape index (κ2) is 5.56. The van der Waals surface area contributed by atoms with Crippen LogP contribution in [-0.4, -0.2) is 16.9 Å². The van der Waals surface area contributed by atoms with Crippen LogP contribution in [-0.2, 0) is 9.59 Å². The first kappa shape index (κ1) is 17.1. The number of fused-ring (bicyclic) bond motifs is 5. The maximum Gasteiger partial charge on any atom is 0.306 e. The summed E-state index contributed by atoms with van der Waals surface area (Å²) in [5.74, 6) is 1.49. The molecule has 0 spiro atoms. The van der Waals surface area contributed by atoms with Crippen molar-refractivity contribution in [2.45, 2.75) is 59.3 Å². The molecule has 0 heterocycles. The summed E-state index contributed by atoms with van der Waals surface area (Å²) in [5.41, 5.74) is 1.54. The molecule has 3 fully saturated rings. The number of carboxylic acids is 1. The number of carboxylic acid groups (broad SMARTS) is 1. The van der Waals surface area contributed by atoms with E-state index in [1.807, 2.05) is 13.0 Å². The molecule has 136 valence electrons. The van der Waals surface area contributed by atoms with Gasteiger partial charge in [0.15, 0.2) is 5.78 Å². The summed E-state index contributed by atoms with van der Waals surface area (Å²) in [6.07, 6.45) is 12.6. The van der Waals surface area contributed by atoms with Gasteiger partial charge in [0.2, 0.25) is 0 Å². The van der Waals surface area contributed by atoms with Gasteiger partial charge in [-0.25, -0.2) is 0 Å². The highest BCUT2D eigenvalue weighted by Gasteiger charge is 2.59. The maximum atomic E-state index is 11.8. The van der Waals surface area contributed by atoms with Crippen LogP contribution in [0.2, 0.25) is 0 Å². The van der Waals surface area contributed by atoms with Crippen molar-refractivity contribution in [2.24, 2.45) is 40.4 Å². The number of ketones is 1. The molecule has 0 aliphatic heterocycles. The molecule has 0 aromatic rings. The Labute approximate surface area is 150 Å². The molecule has 0 amide bonds. The van der Waals surface area contributed by atoms with Crippen LogP contribution in [0.3, 0.4) is 0 Å². The van der Waals surface area contributed by atoms with E-state index in [0.717, 1.165) is 25.7 Å². The number of aliphatic carboxylic acids is 1. The zero-order valence-corrected chi connectivity index (χ0v) is 15.6. The van der Waals surface area contributed by atoms with Gasteiger partial charge >= 0.3 is 5.97 Å². The monoisotopic (exact) mass is 342 g/mol. The van der Waals surface area contributed by atoms with Crippen LogP contribution in [0.1, 0.15) is 59.3 Å². The van der Waals surface area contributed by atoms with Gasteiger partial charge in [-0.15, -0.1) is 0 Å². The highest BCUT2D eigenvalue weighted by Crippen LogP contribution is 2.66. The normalized spacial score (nSPS) is 46.7. The molecule has 4 aliphatic carbocycles. The first-order valence-electron chi connectivity index (χ1n) is 9.94. The van der Waals surface area contributed by atoms with Crippen LogP contribution in [0.25, 0.3) is 0 Å². The lowest BCUT2D eigenvalue weighted by atomic mass is 9.47. The second-order valence-corrected chi connectivity index (χ2v) is 9.46. The van der Waals surface area contributed by atoms with Crippen LogP contribution < -0.4 is 0 Å². The van der Waals surface area contributed by atoms with Crippen molar-refractivity contribution < 1.29 is 14.7 Å². The zero-order valence-electron chi connectivity index (χ0n) is 15.6. The van der Waals surface area contributed by atoms with Crippen LogP contribution in [0.5, 0.6) is 0 Å². The average molecular weight is 342 g/mol. The fourth-order valence-corrected chi connectivity index (χ4v) is 7.23. The van der Waals surface area contributed by atoms with Gasteiger partial charge in [-0.1, -0.05) is 32.4 Å². The number of hydrogen-bond donors (Lipinski definition) is 1. The summed E-state index contributed by atoms with van der Waals surface area (Å²) in [6, 6.07) is 0. The molecule has 7 atom stereocenters. The quantitative estimate of drug-likeness (QED) is 0.796. The van der Waals surface area contributed by atoms with Crippen molar-refractivity contribution in [1.29, 1.82) is 0 Å². The summed E-state index contributed by atoms with van der Waals surface area (Å²) in [5, 5.41) is 9.55. The Morgan fingerprint density at radius 3 is 2.68 bits per heavy atom. The molecular formula is C22H30O3. The van der Waals surface area contributed by atoms with Crippen molar-refractivity contribution >= 4 is 11.8 Å². The first-order valence-corrected chi connectivity index (χ1v) is 9.94. The lowest BCUT2D eigenvalue weighted by Crippen LogP contribution is -2.50. The maximum absolute atomic E-state index is 11.8. The minimum Gasteiger partial charge on any atom is -0.481 e. The van der Waals surface area contributed by atoms with Gasteiger partial charge in [0, 0.05) is 5.41 Å². The van der Waals surface area contributed by atoms with Gasteiger partial charge in [-0.2, -0.15) is 0 Å². The molecule has 3 saturated carbocycles. The summed E-state index contributed by atoms with van der Waals surface area (Å²) < 4.78 is 0. The molecular weight excluding hydrogens is 312 g/mol. The fraction of sp³-hybridized carbons (Fsp3) is 0.727. The van der Waals surface area contributed by atoms with Crippen molar-refractivity contribution in [3.8, 4) is 0 Å². The van der Waals surface area contributed by atoms with Crippen LogP contribution in [0.4, 0.5) is 0 Å². The van der Waals surface area contributed by atoms with E-state index in [4.69, 9.17) is 0 Å². The van der Waals surface area contributed by atoms with E-state index in [1.54, 1.807) is 6.08 Å².